The van der Waals surface area contributed by atoms with Gasteiger partial charge in [0.2, 0.25) is 0 Å². The van der Waals surface area contributed by atoms with Crippen molar-refractivity contribution < 1.29 is 9.53 Å². The van der Waals surface area contributed by atoms with Crippen LogP contribution in [0.25, 0.3) is 0 Å². The van der Waals surface area contributed by atoms with E-state index in [4.69, 9.17) is 6.42 Å². The van der Waals surface area contributed by atoms with Crippen molar-refractivity contribution in [1.82, 2.24) is 5.32 Å². The van der Waals surface area contributed by atoms with E-state index in [-0.39, 0.29) is 18.1 Å². The lowest BCUT2D eigenvalue weighted by atomic mass is 10.2. The summed E-state index contributed by atoms with van der Waals surface area (Å²) in [5.74, 6) is 2.30. The van der Waals surface area contributed by atoms with Crippen molar-refractivity contribution in [3.63, 3.8) is 0 Å². The molecule has 0 rings (SSSR count). The molecule has 3 nitrogen and oxygen atoms in total. The fraction of sp³-hybridized carbons (Fsp3) is 0.667. The lowest BCUT2D eigenvalue weighted by Crippen LogP contribution is -2.35. The zero-order valence-corrected chi connectivity index (χ0v) is 7.76. The van der Waals surface area contributed by atoms with Crippen molar-refractivity contribution in [3.05, 3.63) is 0 Å². The summed E-state index contributed by atoms with van der Waals surface area (Å²) in [6.07, 6.45) is 5.50. The first-order chi connectivity index (χ1) is 5.60. The van der Waals surface area contributed by atoms with Crippen LogP contribution in [-0.2, 0) is 9.53 Å². The number of esters is 1. The van der Waals surface area contributed by atoms with Gasteiger partial charge in [-0.15, -0.1) is 6.42 Å². The molecule has 0 radical (unpaired) electrons. The maximum absolute atomic E-state index is 10.8. The molecule has 0 aromatic carbocycles. The molecule has 0 amide bonds. The van der Waals surface area contributed by atoms with Crippen LogP contribution < -0.4 is 5.32 Å². The van der Waals surface area contributed by atoms with Crippen LogP contribution >= 0.6 is 0 Å². The number of ether oxygens (including phenoxy) is 1. The molecule has 2 unspecified atom stereocenters. The highest BCUT2D eigenvalue weighted by atomic mass is 16.5. The SMILES string of the molecule is C#CC(C)NC(C)CC(=O)OC. The normalized spacial score (nSPS) is 14.5. The van der Waals surface area contributed by atoms with Gasteiger partial charge in [0, 0.05) is 6.04 Å². The Morgan fingerprint density at radius 3 is 2.67 bits per heavy atom. The standard InChI is InChI=1S/C9H15NO2/c1-5-7(2)10-8(3)6-9(11)12-4/h1,7-8,10H,6H2,2-4H3. The first kappa shape index (κ1) is 11.0. The lowest BCUT2D eigenvalue weighted by molar-refractivity contribution is -0.141. The number of terminal acetylenes is 1. The minimum absolute atomic E-state index is 0.00958. The zero-order chi connectivity index (χ0) is 9.56. The summed E-state index contributed by atoms with van der Waals surface area (Å²) in [5, 5.41) is 3.06. The molecule has 0 fully saturated rings. The number of nitrogens with one attached hydrogen (secondary N) is 1. The van der Waals surface area contributed by atoms with Gasteiger partial charge in [-0.25, -0.2) is 0 Å². The van der Waals surface area contributed by atoms with E-state index in [0.29, 0.717) is 6.42 Å². The van der Waals surface area contributed by atoms with Crippen molar-refractivity contribution in [2.24, 2.45) is 0 Å². The van der Waals surface area contributed by atoms with Gasteiger partial charge in [0.1, 0.15) is 0 Å². The van der Waals surface area contributed by atoms with E-state index >= 15 is 0 Å². The molecule has 0 aliphatic carbocycles. The highest BCUT2D eigenvalue weighted by Gasteiger charge is 2.09. The average Bonchev–Trinajstić information content (AvgIpc) is 2.03. The third-order valence-corrected chi connectivity index (χ3v) is 1.49. The molecular formula is C9H15NO2. The second-order valence-corrected chi connectivity index (χ2v) is 2.74. The third-order valence-electron chi connectivity index (χ3n) is 1.49. The van der Waals surface area contributed by atoms with Gasteiger partial charge in [0.05, 0.1) is 19.6 Å². The topological polar surface area (TPSA) is 38.3 Å². The molecule has 0 heterocycles. The van der Waals surface area contributed by atoms with Crippen LogP contribution in [0.15, 0.2) is 0 Å². The Balaban J connectivity index is 3.67. The molecule has 1 N–H and O–H groups in total. The predicted octanol–water partition coefficient (Wildman–Crippen LogP) is 0.549. The first-order valence-corrected chi connectivity index (χ1v) is 3.89. The number of rotatable bonds is 4. The van der Waals surface area contributed by atoms with Gasteiger partial charge in [-0.1, -0.05) is 5.92 Å². The Bertz CT molecular complexity index is 183. The van der Waals surface area contributed by atoms with Gasteiger partial charge in [0.25, 0.3) is 0 Å². The van der Waals surface area contributed by atoms with E-state index < -0.39 is 0 Å². The summed E-state index contributed by atoms with van der Waals surface area (Å²) in [7, 11) is 1.37. The van der Waals surface area contributed by atoms with E-state index in [1.807, 2.05) is 13.8 Å². The number of methoxy groups -OCH3 is 1. The molecule has 3 heteroatoms. The Morgan fingerprint density at radius 2 is 2.25 bits per heavy atom. The summed E-state index contributed by atoms with van der Waals surface area (Å²) in [6.45, 7) is 3.76. The maximum atomic E-state index is 10.8. The molecular weight excluding hydrogens is 154 g/mol. The van der Waals surface area contributed by atoms with Gasteiger partial charge in [-0.05, 0) is 13.8 Å². The summed E-state index contributed by atoms with van der Waals surface area (Å²) in [4.78, 5) is 10.8. The van der Waals surface area contributed by atoms with Crippen molar-refractivity contribution in [3.8, 4) is 12.3 Å². The smallest absolute Gasteiger partial charge is 0.307 e. The van der Waals surface area contributed by atoms with Crippen molar-refractivity contribution >= 4 is 5.97 Å². The Morgan fingerprint density at radius 1 is 1.67 bits per heavy atom. The van der Waals surface area contributed by atoms with E-state index in [2.05, 4.69) is 16.0 Å². The highest BCUT2D eigenvalue weighted by Crippen LogP contribution is 1.94. The predicted molar refractivity (Wildman–Crippen MR) is 47.5 cm³/mol. The molecule has 68 valence electrons. The summed E-state index contributed by atoms with van der Waals surface area (Å²) >= 11 is 0. The Kier molecular flexibility index (Phi) is 5.14. The van der Waals surface area contributed by atoms with Gasteiger partial charge in [-0.3, -0.25) is 4.79 Å². The largest absolute Gasteiger partial charge is 0.469 e. The van der Waals surface area contributed by atoms with Crippen LogP contribution in [0.5, 0.6) is 0 Å². The van der Waals surface area contributed by atoms with E-state index in [1.165, 1.54) is 7.11 Å². The Labute approximate surface area is 73.5 Å². The minimum Gasteiger partial charge on any atom is -0.469 e. The molecule has 0 aromatic rings. The van der Waals surface area contributed by atoms with Crippen LogP contribution in [-0.4, -0.2) is 25.2 Å². The molecule has 0 aromatic heterocycles. The molecule has 0 bridgehead atoms. The Hall–Kier alpha value is -1.01. The lowest BCUT2D eigenvalue weighted by Gasteiger charge is -2.14. The molecule has 12 heavy (non-hydrogen) atoms. The first-order valence-electron chi connectivity index (χ1n) is 3.89. The van der Waals surface area contributed by atoms with Crippen LogP contribution in [0.1, 0.15) is 20.3 Å². The fourth-order valence-corrected chi connectivity index (χ4v) is 0.867. The average molecular weight is 169 g/mol. The van der Waals surface area contributed by atoms with Gasteiger partial charge < -0.3 is 10.1 Å². The van der Waals surface area contributed by atoms with Crippen LogP contribution in [0.4, 0.5) is 0 Å². The maximum Gasteiger partial charge on any atom is 0.307 e. The monoisotopic (exact) mass is 169 g/mol. The van der Waals surface area contributed by atoms with E-state index in [0.717, 1.165) is 0 Å². The second-order valence-electron chi connectivity index (χ2n) is 2.74. The third kappa shape index (κ3) is 4.75. The number of hydrogen-bond acceptors (Lipinski definition) is 3. The van der Waals surface area contributed by atoms with Gasteiger partial charge >= 0.3 is 5.97 Å². The molecule has 0 aliphatic rings. The van der Waals surface area contributed by atoms with Gasteiger partial charge in [-0.2, -0.15) is 0 Å². The number of hydrogen-bond donors (Lipinski definition) is 1. The minimum atomic E-state index is -0.223. The molecule has 0 spiro atoms. The summed E-state index contributed by atoms with van der Waals surface area (Å²) in [6, 6.07) is 0.0492. The van der Waals surface area contributed by atoms with Crippen LogP contribution in [0.3, 0.4) is 0 Å². The van der Waals surface area contributed by atoms with Gasteiger partial charge in [0.15, 0.2) is 0 Å². The van der Waals surface area contributed by atoms with E-state index in [9.17, 15) is 4.79 Å². The molecule has 0 aliphatic heterocycles. The molecule has 0 saturated heterocycles. The highest BCUT2D eigenvalue weighted by molar-refractivity contribution is 5.69. The zero-order valence-electron chi connectivity index (χ0n) is 7.76. The fourth-order valence-electron chi connectivity index (χ4n) is 0.867. The number of carbonyl (C=O) groups excluding carboxylic acids is 1. The van der Waals surface area contributed by atoms with Crippen molar-refractivity contribution in [1.29, 1.82) is 0 Å². The second kappa shape index (κ2) is 5.62. The van der Waals surface area contributed by atoms with Crippen LogP contribution in [0, 0.1) is 12.3 Å². The van der Waals surface area contributed by atoms with Crippen molar-refractivity contribution in [2.75, 3.05) is 7.11 Å². The van der Waals surface area contributed by atoms with Crippen LogP contribution in [0.2, 0.25) is 0 Å². The molecule has 0 saturated carbocycles. The quantitative estimate of drug-likeness (QED) is 0.493. The summed E-state index contributed by atoms with van der Waals surface area (Å²) in [5.41, 5.74) is 0. The number of carbonyl (C=O) groups is 1. The van der Waals surface area contributed by atoms with Crippen molar-refractivity contribution in [2.45, 2.75) is 32.4 Å². The summed E-state index contributed by atoms with van der Waals surface area (Å²) < 4.78 is 4.51. The van der Waals surface area contributed by atoms with E-state index in [1.54, 1.807) is 0 Å². The molecule has 2 atom stereocenters.